The molecule has 1 aliphatic heterocycles. The van der Waals surface area contributed by atoms with Gasteiger partial charge in [-0.3, -0.25) is 4.79 Å². The highest BCUT2D eigenvalue weighted by Gasteiger charge is 2.36. The van der Waals surface area contributed by atoms with Gasteiger partial charge >= 0.3 is 0 Å². The van der Waals surface area contributed by atoms with Crippen molar-refractivity contribution in [3.8, 4) is 0 Å². The molecule has 1 aromatic carbocycles. The Morgan fingerprint density at radius 3 is 2.35 bits per heavy atom. The summed E-state index contributed by atoms with van der Waals surface area (Å²) < 4.78 is 0. The Bertz CT molecular complexity index is 430. The highest BCUT2D eigenvalue weighted by molar-refractivity contribution is 6.09. The molecule has 0 fully saturated rings. The molecule has 3 heteroatoms. The molecule has 90 valence electrons. The molecular weight excluding hydrogens is 214 g/mol. The molecule has 3 nitrogen and oxygen atoms in total. The number of benzene rings is 1. The molecule has 1 N–H and O–H groups in total. The zero-order chi connectivity index (χ0) is 12.6. The number of aliphatic hydroxyl groups excluding tert-OH is 1. The van der Waals surface area contributed by atoms with Crippen LogP contribution in [0.25, 0.3) is 5.70 Å². The fraction of sp³-hybridized carbons (Fsp3) is 0.357. The predicted molar refractivity (Wildman–Crippen MR) is 67.4 cm³/mol. The Morgan fingerprint density at radius 1 is 1.29 bits per heavy atom. The number of hydrogen-bond acceptors (Lipinski definition) is 2. The molecule has 0 bridgehead atoms. The Hall–Kier alpha value is -1.61. The van der Waals surface area contributed by atoms with Gasteiger partial charge in [-0.1, -0.05) is 38.6 Å². The van der Waals surface area contributed by atoms with Crippen LogP contribution in [0.1, 0.15) is 29.8 Å². The van der Waals surface area contributed by atoms with Crippen LogP contribution in [0.15, 0.2) is 30.8 Å². The van der Waals surface area contributed by atoms with Crippen molar-refractivity contribution in [1.29, 1.82) is 0 Å². The molecular formula is C14H17NO2. The Balaban J connectivity index is 2.42. The van der Waals surface area contributed by atoms with Gasteiger partial charge in [0.1, 0.15) is 0 Å². The van der Waals surface area contributed by atoms with E-state index in [4.69, 9.17) is 0 Å². The average Bonchev–Trinajstić information content (AvgIpc) is 2.56. The molecule has 2 rings (SSSR count). The third-order valence-corrected chi connectivity index (χ3v) is 3.27. The van der Waals surface area contributed by atoms with Gasteiger partial charge in [0.15, 0.2) is 0 Å². The topological polar surface area (TPSA) is 40.5 Å². The lowest BCUT2D eigenvalue weighted by atomic mass is 10.0. The van der Waals surface area contributed by atoms with E-state index in [2.05, 4.69) is 6.58 Å². The maximum atomic E-state index is 12.3. The number of carbonyl (C=O) groups excluding carboxylic acids is 1. The Morgan fingerprint density at radius 2 is 1.88 bits per heavy atom. The number of nitrogens with zero attached hydrogens (tertiary/aromatic N) is 1. The molecule has 0 aromatic heterocycles. The molecule has 1 atom stereocenters. The zero-order valence-electron chi connectivity index (χ0n) is 10.2. The second kappa shape index (κ2) is 4.34. The van der Waals surface area contributed by atoms with Gasteiger partial charge in [0.25, 0.3) is 5.91 Å². The van der Waals surface area contributed by atoms with Crippen molar-refractivity contribution >= 4 is 11.6 Å². The van der Waals surface area contributed by atoms with Crippen LogP contribution < -0.4 is 0 Å². The zero-order valence-corrected chi connectivity index (χ0v) is 10.2. The van der Waals surface area contributed by atoms with E-state index in [-0.39, 0.29) is 24.5 Å². The van der Waals surface area contributed by atoms with Gasteiger partial charge in [0, 0.05) is 16.8 Å². The molecule has 0 aliphatic carbocycles. The van der Waals surface area contributed by atoms with Crippen molar-refractivity contribution in [3.63, 3.8) is 0 Å². The molecule has 0 unspecified atom stereocenters. The molecule has 0 spiro atoms. The van der Waals surface area contributed by atoms with Crippen LogP contribution in [0.3, 0.4) is 0 Å². The third-order valence-electron chi connectivity index (χ3n) is 3.27. The largest absolute Gasteiger partial charge is 0.394 e. The maximum absolute atomic E-state index is 12.3. The Kier molecular flexibility index (Phi) is 3.03. The lowest BCUT2D eigenvalue weighted by Crippen LogP contribution is -2.41. The molecule has 1 aliphatic rings. The second-order valence-corrected chi connectivity index (χ2v) is 4.66. The lowest BCUT2D eigenvalue weighted by molar-refractivity contribution is 0.0693. The molecule has 1 heterocycles. The van der Waals surface area contributed by atoms with E-state index in [1.54, 1.807) is 11.0 Å². The van der Waals surface area contributed by atoms with E-state index < -0.39 is 0 Å². The summed E-state index contributed by atoms with van der Waals surface area (Å²) in [5.74, 6) is 0.133. The van der Waals surface area contributed by atoms with Crippen molar-refractivity contribution in [1.82, 2.24) is 4.90 Å². The number of carbonyl (C=O) groups is 1. The van der Waals surface area contributed by atoms with Gasteiger partial charge in [0.2, 0.25) is 0 Å². The van der Waals surface area contributed by atoms with Crippen molar-refractivity contribution in [2.24, 2.45) is 5.92 Å². The van der Waals surface area contributed by atoms with E-state index in [1.165, 1.54) is 0 Å². The standard InChI is InChI=1S/C14H17NO2/c1-9(2)13(8-16)15-10(3)11-6-4-5-7-12(11)14(15)17/h4-7,9,13,16H,3,8H2,1-2H3/t13-/m0/s1. The van der Waals surface area contributed by atoms with Gasteiger partial charge in [-0.2, -0.15) is 0 Å². The lowest BCUT2D eigenvalue weighted by Gasteiger charge is -2.30. The van der Waals surface area contributed by atoms with Gasteiger partial charge in [0.05, 0.1) is 12.6 Å². The minimum absolute atomic E-state index is 0.0452. The second-order valence-electron chi connectivity index (χ2n) is 4.66. The molecule has 17 heavy (non-hydrogen) atoms. The molecule has 1 amide bonds. The summed E-state index contributed by atoms with van der Waals surface area (Å²) in [4.78, 5) is 13.9. The van der Waals surface area contributed by atoms with Crippen LogP contribution in [-0.4, -0.2) is 28.6 Å². The maximum Gasteiger partial charge on any atom is 0.259 e. The quantitative estimate of drug-likeness (QED) is 0.865. The fourth-order valence-corrected chi connectivity index (χ4v) is 2.24. The Labute approximate surface area is 101 Å². The van der Waals surface area contributed by atoms with E-state index >= 15 is 0 Å². The minimum Gasteiger partial charge on any atom is -0.394 e. The summed E-state index contributed by atoms with van der Waals surface area (Å²) in [6.07, 6.45) is 0. The number of hydrogen-bond donors (Lipinski definition) is 1. The van der Waals surface area contributed by atoms with Gasteiger partial charge < -0.3 is 10.0 Å². The summed E-state index contributed by atoms with van der Waals surface area (Å²) in [7, 11) is 0. The van der Waals surface area contributed by atoms with E-state index in [9.17, 15) is 9.90 Å². The molecule has 0 saturated carbocycles. The predicted octanol–water partition coefficient (Wildman–Crippen LogP) is 2.13. The monoisotopic (exact) mass is 231 g/mol. The van der Waals surface area contributed by atoms with Gasteiger partial charge in [-0.05, 0) is 12.0 Å². The summed E-state index contributed by atoms with van der Waals surface area (Å²) in [5, 5.41) is 9.44. The van der Waals surface area contributed by atoms with Crippen LogP contribution >= 0.6 is 0 Å². The first-order chi connectivity index (χ1) is 8.07. The van der Waals surface area contributed by atoms with E-state index in [0.717, 1.165) is 5.56 Å². The van der Waals surface area contributed by atoms with Crippen LogP contribution in [0.2, 0.25) is 0 Å². The first kappa shape index (κ1) is 11.9. The summed E-state index contributed by atoms with van der Waals surface area (Å²) in [5.41, 5.74) is 2.24. The first-order valence-electron chi connectivity index (χ1n) is 5.80. The van der Waals surface area contributed by atoms with E-state index in [1.807, 2.05) is 32.0 Å². The van der Waals surface area contributed by atoms with Crippen molar-refractivity contribution in [3.05, 3.63) is 42.0 Å². The molecule has 0 saturated heterocycles. The average molecular weight is 231 g/mol. The highest BCUT2D eigenvalue weighted by atomic mass is 16.3. The molecule has 0 radical (unpaired) electrons. The van der Waals surface area contributed by atoms with Crippen molar-refractivity contribution in [2.75, 3.05) is 6.61 Å². The number of rotatable bonds is 3. The number of fused-ring (bicyclic) bond motifs is 1. The van der Waals surface area contributed by atoms with Crippen LogP contribution in [0.4, 0.5) is 0 Å². The minimum atomic E-state index is -0.206. The highest BCUT2D eigenvalue weighted by Crippen LogP contribution is 2.34. The third kappa shape index (κ3) is 1.76. The number of amides is 1. The summed E-state index contributed by atoms with van der Waals surface area (Å²) >= 11 is 0. The fourth-order valence-electron chi connectivity index (χ4n) is 2.24. The van der Waals surface area contributed by atoms with Crippen LogP contribution in [0.5, 0.6) is 0 Å². The van der Waals surface area contributed by atoms with Crippen molar-refractivity contribution < 1.29 is 9.90 Å². The normalized spacial score (nSPS) is 16.6. The van der Waals surface area contributed by atoms with Gasteiger partial charge in [-0.25, -0.2) is 0 Å². The van der Waals surface area contributed by atoms with Crippen LogP contribution in [0, 0.1) is 5.92 Å². The SMILES string of the molecule is C=C1c2ccccc2C(=O)N1[C@@H](CO)C(C)C. The smallest absolute Gasteiger partial charge is 0.259 e. The number of aliphatic hydroxyl groups is 1. The summed E-state index contributed by atoms with van der Waals surface area (Å²) in [6.45, 7) is 7.91. The van der Waals surface area contributed by atoms with E-state index in [0.29, 0.717) is 11.3 Å². The first-order valence-corrected chi connectivity index (χ1v) is 5.80. The summed E-state index contributed by atoms with van der Waals surface area (Å²) in [6, 6.07) is 7.23. The van der Waals surface area contributed by atoms with Crippen molar-refractivity contribution in [2.45, 2.75) is 19.9 Å². The van der Waals surface area contributed by atoms with Gasteiger partial charge in [-0.15, -0.1) is 0 Å². The molecule has 1 aromatic rings. The van der Waals surface area contributed by atoms with Crippen LogP contribution in [-0.2, 0) is 0 Å².